The van der Waals surface area contributed by atoms with Gasteiger partial charge in [0.15, 0.2) is 0 Å². The molecule has 0 saturated carbocycles. The highest BCUT2D eigenvalue weighted by molar-refractivity contribution is 14.1. The molecule has 0 aliphatic rings. The molecule has 1 aromatic heterocycles. The van der Waals surface area contributed by atoms with E-state index in [0.717, 1.165) is 0 Å². The molecule has 2 N–H and O–H groups in total. The average molecular weight is 278 g/mol. The number of hydrogen-bond acceptors (Lipinski definition) is 3. The van der Waals surface area contributed by atoms with Crippen LogP contribution in [0.3, 0.4) is 0 Å². The van der Waals surface area contributed by atoms with Crippen molar-refractivity contribution in [3.8, 4) is 5.75 Å². The summed E-state index contributed by atoms with van der Waals surface area (Å²) in [5, 5.41) is 11.7. The zero-order valence-corrected chi connectivity index (χ0v) is 8.49. The quantitative estimate of drug-likeness (QED) is 0.588. The van der Waals surface area contributed by atoms with E-state index in [1.54, 1.807) is 0 Å². The van der Waals surface area contributed by atoms with Crippen molar-refractivity contribution < 1.29 is 9.90 Å². The van der Waals surface area contributed by atoms with Crippen LogP contribution in [0.15, 0.2) is 12.3 Å². The molecule has 0 radical (unpaired) electrons. The summed E-state index contributed by atoms with van der Waals surface area (Å²) in [4.78, 5) is 14.9. The Bertz CT molecular complexity index is 314. The van der Waals surface area contributed by atoms with Gasteiger partial charge in [-0.15, -0.1) is 0 Å². The summed E-state index contributed by atoms with van der Waals surface area (Å²) < 4.78 is 0.651. The fourth-order valence-electron chi connectivity index (χ4n) is 0.730. The molecule has 1 rings (SSSR count). The topological polar surface area (TPSA) is 62.2 Å². The van der Waals surface area contributed by atoms with Crippen LogP contribution in [-0.2, 0) is 0 Å². The first-order valence-electron chi connectivity index (χ1n) is 3.21. The van der Waals surface area contributed by atoms with Gasteiger partial charge in [0.1, 0.15) is 9.45 Å². The zero-order chi connectivity index (χ0) is 9.14. The number of pyridine rings is 1. The molecule has 0 aliphatic carbocycles. The van der Waals surface area contributed by atoms with Crippen LogP contribution in [0, 0.1) is 3.70 Å². The minimum atomic E-state index is -0.337. The van der Waals surface area contributed by atoms with E-state index in [1.165, 1.54) is 19.3 Å². The van der Waals surface area contributed by atoms with E-state index in [4.69, 9.17) is 0 Å². The number of carbonyl (C=O) groups is 1. The average Bonchev–Trinajstić information content (AvgIpc) is 2.03. The maximum absolute atomic E-state index is 11.0. The largest absolute Gasteiger partial charge is 0.507 e. The van der Waals surface area contributed by atoms with E-state index in [2.05, 4.69) is 10.3 Å². The lowest BCUT2D eigenvalue weighted by molar-refractivity contribution is 0.0960. The van der Waals surface area contributed by atoms with Crippen molar-refractivity contribution in [3.05, 3.63) is 21.5 Å². The molecule has 0 bridgehead atoms. The van der Waals surface area contributed by atoms with Crippen molar-refractivity contribution in [3.63, 3.8) is 0 Å². The van der Waals surface area contributed by atoms with Crippen LogP contribution in [0.1, 0.15) is 10.4 Å². The molecule has 4 nitrogen and oxygen atoms in total. The monoisotopic (exact) mass is 278 g/mol. The van der Waals surface area contributed by atoms with Gasteiger partial charge in [-0.1, -0.05) is 0 Å². The molecule has 0 aliphatic heterocycles. The first-order chi connectivity index (χ1) is 5.65. The van der Waals surface area contributed by atoms with Crippen molar-refractivity contribution in [1.29, 1.82) is 0 Å². The van der Waals surface area contributed by atoms with E-state index in [9.17, 15) is 9.90 Å². The highest BCUT2D eigenvalue weighted by Gasteiger charge is 2.09. The first kappa shape index (κ1) is 9.24. The van der Waals surface area contributed by atoms with Crippen LogP contribution < -0.4 is 5.32 Å². The Morgan fingerprint density at radius 2 is 2.42 bits per heavy atom. The molecule has 0 unspecified atom stereocenters. The van der Waals surface area contributed by atoms with Gasteiger partial charge >= 0.3 is 0 Å². The number of carbonyl (C=O) groups excluding carboxylic acids is 1. The number of aromatic hydroxyl groups is 1. The van der Waals surface area contributed by atoms with E-state index in [0.29, 0.717) is 3.70 Å². The molecule has 0 saturated heterocycles. The van der Waals surface area contributed by atoms with Crippen molar-refractivity contribution in [1.82, 2.24) is 10.3 Å². The lowest BCUT2D eigenvalue weighted by Gasteiger charge is -2.01. The molecule has 0 fully saturated rings. The number of nitrogens with one attached hydrogen (secondary N) is 1. The Labute approximate surface area is 83.1 Å². The second-order valence-electron chi connectivity index (χ2n) is 2.10. The Balaban J connectivity index is 3.09. The van der Waals surface area contributed by atoms with E-state index in [-0.39, 0.29) is 17.2 Å². The lowest BCUT2D eigenvalue weighted by Crippen LogP contribution is -2.18. The van der Waals surface area contributed by atoms with E-state index < -0.39 is 0 Å². The predicted molar refractivity (Wildman–Crippen MR) is 52.0 cm³/mol. The Morgan fingerprint density at radius 1 is 1.75 bits per heavy atom. The van der Waals surface area contributed by atoms with Crippen LogP contribution in [0.25, 0.3) is 0 Å². The smallest absolute Gasteiger partial charge is 0.256 e. The zero-order valence-electron chi connectivity index (χ0n) is 6.34. The van der Waals surface area contributed by atoms with Gasteiger partial charge in [-0.25, -0.2) is 4.98 Å². The summed E-state index contributed by atoms with van der Waals surface area (Å²) in [6.07, 6.45) is 1.34. The molecule has 5 heteroatoms. The summed E-state index contributed by atoms with van der Waals surface area (Å²) in [5.41, 5.74) is 0.193. The number of amides is 1. The van der Waals surface area contributed by atoms with Crippen LogP contribution >= 0.6 is 22.6 Å². The highest BCUT2D eigenvalue weighted by Crippen LogP contribution is 2.17. The van der Waals surface area contributed by atoms with Gasteiger partial charge in [-0.2, -0.15) is 0 Å². The molecule has 0 aromatic carbocycles. The number of rotatable bonds is 1. The van der Waals surface area contributed by atoms with Crippen LogP contribution in [-0.4, -0.2) is 23.0 Å². The summed E-state index contributed by atoms with van der Waals surface area (Å²) in [6, 6.07) is 1.44. The van der Waals surface area contributed by atoms with Crippen LogP contribution in [0.4, 0.5) is 0 Å². The maximum Gasteiger partial charge on any atom is 0.256 e. The molecule has 1 aromatic rings. The molecule has 1 heterocycles. The maximum atomic E-state index is 11.0. The van der Waals surface area contributed by atoms with Crippen molar-refractivity contribution >= 4 is 28.5 Å². The summed E-state index contributed by atoms with van der Waals surface area (Å²) in [6.45, 7) is 0. The molecule has 0 spiro atoms. The van der Waals surface area contributed by atoms with Crippen molar-refractivity contribution in [2.75, 3.05) is 7.05 Å². The van der Waals surface area contributed by atoms with Crippen molar-refractivity contribution in [2.24, 2.45) is 0 Å². The molecule has 64 valence electrons. The molecular weight excluding hydrogens is 271 g/mol. The SMILES string of the molecule is CNC(=O)c1cnc(I)cc1O. The molecular formula is C7H7IN2O2. The summed E-state index contributed by atoms with van der Waals surface area (Å²) >= 11 is 1.95. The van der Waals surface area contributed by atoms with Gasteiger partial charge in [0.2, 0.25) is 0 Å². The van der Waals surface area contributed by atoms with Crippen LogP contribution in [0.2, 0.25) is 0 Å². The number of hydrogen-bond donors (Lipinski definition) is 2. The second kappa shape index (κ2) is 3.70. The highest BCUT2D eigenvalue weighted by atomic mass is 127. The fraction of sp³-hybridized carbons (Fsp3) is 0.143. The second-order valence-corrected chi connectivity index (χ2v) is 3.21. The minimum absolute atomic E-state index is 0.0475. The van der Waals surface area contributed by atoms with Gasteiger partial charge < -0.3 is 10.4 Å². The van der Waals surface area contributed by atoms with Gasteiger partial charge in [0.25, 0.3) is 5.91 Å². The third kappa shape index (κ3) is 1.84. The first-order valence-corrected chi connectivity index (χ1v) is 4.29. The van der Waals surface area contributed by atoms with Crippen molar-refractivity contribution in [2.45, 2.75) is 0 Å². The predicted octanol–water partition coefficient (Wildman–Crippen LogP) is 0.751. The molecule has 1 amide bonds. The van der Waals surface area contributed by atoms with Crippen LogP contribution in [0.5, 0.6) is 5.75 Å². The fourth-order valence-corrected chi connectivity index (χ4v) is 1.16. The Hall–Kier alpha value is -0.850. The Morgan fingerprint density at radius 3 is 2.92 bits per heavy atom. The summed E-state index contributed by atoms with van der Waals surface area (Å²) in [5.74, 6) is -0.384. The Kier molecular flexibility index (Phi) is 2.85. The third-order valence-corrected chi connectivity index (χ3v) is 1.91. The van der Waals surface area contributed by atoms with Gasteiger partial charge in [-0.05, 0) is 22.6 Å². The summed E-state index contributed by atoms with van der Waals surface area (Å²) in [7, 11) is 1.50. The van der Waals surface area contributed by atoms with Gasteiger partial charge in [-0.3, -0.25) is 4.79 Å². The van der Waals surface area contributed by atoms with E-state index >= 15 is 0 Å². The lowest BCUT2D eigenvalue weighted by atomic mass is 10.2. The van der Waals surface area contributed by atoms with E-state index in [1.807, 2.05) is 22.6 Å². The van der Waals surface area contributed by atoms with Gasteiger partial charge in [0.05, 0.1) is 5.56 Å². The third-order valence-electron chi connectivity index (χ3n) is 1.32. The van der Waals surface area contributed by atoms with Gasteiger partial charge in [0, 0.05) is 19.3 Å². The standard InChI is InChI=1S/C7H7IN2O2/c1-9-7(12)4-3-10-6(8)2-5(4)11/h2-3H,1H3,(H,9,12)(H,10,11). The number of nitrogens with zero attached hydrogens (tertiary/aromatic N) is 1. The normalized spacial score (nSPS) is 9.50. The molecule has 0 atom stereocenters. The minimum Gasteiger partial charge on any atom is -0.507 e. The number of aromatic nitrogens is 1. The molecule has 12 heavy (non-hydrogen) atoms. The number of halogens is 1.